The number of nitrogens with one attached hydrogen (secondary N) is 1. The second kappa shape index (κ2) is 6.52. The van der Waals surface area contributed by atoms with Gasteiger partial charge in [-0.15, -0.1) is 11.3 Å². The van der Waals surface area contributed by atoms with Crippen LogP contribution in [0.4, 0.5) is 0 Å². The molecule has 2 aliphatic rings. The molecule has 0 aromatic carbocycles. The van der Waals surface area contributed by atoms with E-state index in [1.54, 1.807) is 24.3 Å². The van der Waals surface area contributed by atoms with Crippen LogP contribution in [0.5, 0.6) is 0 Å². The minimum Gasteiger partial charge on any atom is -0.466 e. The quantitative estimate of drug-likeness (QED) is 0.714. The van der Waals surface area contributed by atoms with Crippen molar-refractivity contribution in [3.8, 4) is 0 Å². The number of carbonyl (C=O) groups is 1. The molecule has 0 spiro atoms. The third kappa shape index (κ3) is 2.89. The van der Waals surface area contributed by atoms with E-state index in [4.69, 9.17) is 4.42 Å². The molecule has 0 unspecified atom stereocenters. The minimum atomic E-state index is -3.80. The zero-order valence-corrected chi connectivity index (χ0v) is 17.6. The number of fused-ring (bicyclic) bond motifs is 2. The van der Waals surface area contributed by atoms with E-state index in [-0.39, 0.29) is 35.2 Å². The summed E-state index contributed by atoms with van der Waals surface area (Å²) in [6, 6.07) is 6.81. The molecule has 0 amide bonds. The van der Waals surface area contributed by atoms with Gasteiger partial charge in [0.15, 0.2) is 5.60 Å². The van der Waals surface area contributed by atoms with Crippen LogP contribution in [0.15, 0.2) is 40.3 Å². The smallest absolute Gasteiger partial charge is 0.212 e. The first-order valence-corrected chi connectivity index (χ1v) is 11.9. The van der Waals surface area contributed by atoms with Crippen molar-refractivity contribution in [1.29, 1.82) is 0 Å². The van der Waals surface area contributed by atoms with Crippen LogP contribution in [-0.4, -0.2) is 31.6 Å². The van der Waals surface area contributed by atoms with Gasteiger partial charge in [0, 0.05) is 16.7 Å². The maximum atomic E-state index is 13.0. The van der Waals surface area contributed by atoms with Gasteiger partial charge in [-0.2, -0.15) is 0 Å². The van der Waals surface area contributed by atoms with E-state index in [0.717, 1.165) is 6.42 Å². The van der Waals surface area contributed by atoms with Gasteiger partial charge in [0.25, 0.3) is 0 Å². The van der Waals surface area contributed by atoms with E-state index >= 15 is 0 Å². The summed E-state index contributed by atoms with van der Waals surface area (Å²) in [5, 5.41) is 13.1. The highest BCUT2D eigenvalue weighted by Crippen LogP contribution is 2.64. The van der Waals surface area contributed by atoms with E-state index in [2.05, 4.69) is 4.72 Å². The Morgan fingerprint density at radius 1 is 1.36 bits per heavy atom. The lowest BCUT2D eigenvalue weighted by Crippen LogP contribution is -2.48. The van der Waals surface area contributed by atoms with Gasteiger partial charge < -0.3 is 9.52 Å². The molecular weight excluding hydrogens is 398 g/mol. The first-order chi connectivity index (χ1) is 13.1. The normalized spacial score (nSPS) is 28.5. The minimum absolute atomic E-state index is 0.0543. The average molecular weight is 424 g/mol. The Labute approximate surface area is 169 Å². The van der Waals surface area contributed by atoms with E-state index in [1.165, 1.54) is 17.6 Å². The molecule has 2 heterocycles. The Morgan fingerprint density at radius 2 is 2.14 bits per heavy atom. The number of sulfonamides is 1. The summed E-state index contributed by atoms with van der Waals surface area (Å²) in [6.07, 6.45) is 3.41. The second-order valence-electron chi connectivity index (χ2n) is 8.56. The molecule has 8 heteroatoms. The van der Waals surface area contributed by atoms with Crippen LogP contribution in [-0.2, 0) is 20.4 Å². The summed E-state index contributed by atoms with van der Waals surface area (Å²) < 4.78 is 33.9. The maximum Gasteiger partial charge on any atom is 0.212 e. The number of furan rings is 1. The first kappa shape index (κ1) is 19.8. The summed E-state index contributed by atoms with van der Waals surface area (Å²) >= 11 is 1.32. The van der Waals surface area contributed by atoms with E-state index in [0.29, 0.717) is 17.7 Å². The number of aliphatic hydroxyl groups is 1. The van der Waals surface area contributed by atoms with Crippen molar-refractivity contribution in [2.75, 3.05) is 12.3 Å². The van der Waals surface area contributed by atoms with Gasteiger partial charge in [0.1, 0.15) is 11.5 Å². The molecule has 2 fully saturated rings. The van der Waals surface area contributed by atoms with Gasteiger partial charge in [-0.3, -0.25) is 4.79 Å². The van der Waals surface area contributed by atoms with Gasteiger partial charge in [-0.25, -0.2) is 13.1 Å². The van der Waals surface area contributed by atoms with Crippen LogP contribution in [0.1, 0.15) is 43.7 Å². The molecule has 4 rings (SSSR count). The summed E-state index contributed by atoms with van der Waals surface area (Å²) in [5.41, 5.74) is -2.77. The number of thiophene rings is 1. The number of hydrogen-bond acceptors (Lipinski definition) is 6. The Kier molecular flexibility index (Phi) is 4.61. The fraction of sp³-hybridized carbons (Fsp3) is 0.550. The van der Waals surface area contributed by atoms with Gasteiger partial charge >= 0.3 is 0 Å². The van der Waals surface area contributed by atoms with Crippen LogP contribution in [0, 0.1) is 16.7 Å². The third-order valence-corrected chi connectivity index (χ3v) is 9.46. The van der Waals surface area contributed by atoms with Gasteiger partial charge in [0.2, 0.25) is 10.0 Å². The molecule has 3 atom stereocenters. The number of carbonyl (C=O) groups excluding carboxylic acids is 1. The maximum absolute atomic E-state index is 13.0. The van der Waals surface area contributed by atoms with E-state index in [9.17, 15) is 18.3 Å². The highest BCUT2D eigenvalue weighted by molar-refractivity contribution is 7.89. The summed E-state index contributed by atoms with van der Waals surface area (Å²) in [5.74, 6) is 0.343. The topological polar surface area (TPSA) is 96.6 Å². The fourth-order valence-electron chi connectivity index (χ4n) is 5.02. The van der Waals surface area contributed by atoms with Crippen molar-refractivity contribution in [3.63, 3.8) is 0 Å². The van der Waals surface area contributed by atoms with Crippen LogP contribution in [0.3, 0.4) is 0 Å². The molecule has 0 saturated heterocycles. The lowest BCUT2D eigenvalue weighted by Gasteiger charge is -2.36. The first-order valence-electron chi connectivity index (χ1n) is 9.42. The molecule has 0 radical (unpaired) electrons. The zero-order chi connectivity index (χ0) is 20.2. The molecule has 2 aromatic heterocycles. The Balaban J connectivity index is 1.57. The van der Waals surface area contributed by atoms with Crippen LogP contribution in [0.25, 0.3) is 0 Å². The van der Waals surface area contributed by atoms with Crippen molar-refractivity contribution < 1.29 is 22.7 Å². The van der Waals surface area contributed by atoms with Crippen molar-refractivity contribution >= 4 is 27.1 Å². The highest BCUT2D eigenvalue weighted by atomic mass is 32.2. The van der Waals surface area contributed by atoms with Crippen LogP contribution >= 0.6 is 11.3 Å². The predicted molar refractivity (Wildman–Crippen MR) is 106 cm³/mol. The SMILES string of the molecule is CC1(C)[C@H]2CC[C@@]1(CS(=O)(=O)NC[C@](O)(c1ccco1)c1cccs1)C(=O)C2. The Bertz CT molecular complexity index is 928. The van der Waals surface area contributed by atoms with Crippen LogP contribution in [0.2, 0.25) is 0 Å². The number of ketones is 1. The molecule has 2 aromatic rings. The summed E-state index contributed by atoms with van der Waals surface area (Å²) in [6.45, 7) is 3.77. The molecule has 0 aliphatic heterocycles. The van der Waals surface area contributed by atoms with Crippen molar-refractivity contribution in [1.82, 2.24) is 4.72 Å². The largest absolute Gasteiger partial charge is 0.466 e. The van der Waals surface area contributed by atoms with Crippen LogP contribution < -0.4 is 4.72 Å². The molecule has 2 N–H and O–H groups in total. The van der Waals surface area contributed by atoms with Gasteiger partial charge in [-0.1, -0.05) is 19.9 Å². The molecule has 152 valence electrons. The number of Topliss-reactive ketones (excluding diaryl/α,β-unsaturated/α-hetero) is 1. The molecule has 6 nitrogen and oxygen atoms in total. The van der Waals surface area contributed by atoms with Crippen molar-refractivity contribution in [2.24, 2.45) is 16.7 Å². The van der Waals surface area contributed by atoms with Crippen molar-refractivity contribution in [3.05, 3.63) is 46.5 Å². The fourth-order valence-corrected chi connectivity index (χ4v) is 7.71. The Morgan fingerprint density at radius 3 is 2.68 bits per heavy atom. The molecular formula is C20H25NO5S2. The summed E-state index contributed by atoms with van der Waals surface area (Å²) in [4.78, 5) is 13.3. The monoisotopic (exact) mass is 423 g/mol. The summed E-state index contributed by atoms with van der Waals surface area (Å²) in [7, 11) is -3.80. The lowest BCUT2D eigenvalue weighted by molar-refractivity contribution is -0.128. The molecule has 2 saturated carbocycles. The predicted octanol–water partition coefficient (Wildman–Crippen LogP) is 2.89. The van der Waals surface area contributed by atoms with Gasteiger partial charge in [-0.05, 0) is 47.8 Å². The van der Waals surface area contributed by atoms with E-state index < -0.39 is 21.0 Å². The average Bonchev–Trinajstić information content (AvgIpc) is 3.39. The number of rotatable bonds is 7. The molecule has 2 bridgehead atoms. The number of hydrogen-bond donors (Lipinski definition) is 2. The van der Waals surface area contributed by atoms with Crippen molar-refractivity contribution in [2.45, 2.75) is 38.7 Å². The highest BCUT2D eigenvalue weighted by Gasteiger charge is 2.65. The zero-order valence-electron chi connectivity index (χ0n) is 16.0. The van der Waals surface area contributed by atoms with E-state index in [1.807, 2.05) is 19.2 Å². The molecule has 28 heavy (non-hydrogen) atoms. The Hall–Kier alpha value is -1.48. The molecule has 2 aliphatic carbocycles. The standard InChI is InChI=1S/C20H25NO5S2/c1-18(2)14-7-8-19(18,15(22)11-14)13-28(24,25)21-12-20(23,16-5-3-9-26-16)17-6-4-10-27-17/h3-6,9-10,14,21,23H,7-8,11-13H2,1-2H3/t14-,19+,20-/m0/s1. The van der Waals surface area contributed by atoms with Gasteiger partial charge in [0.05, 0.1) is 18.6 Å². The third-order valence-electron chi connectivity index (χ3n) is 6.98. The second-order valence-corrected chi connectivity index (χ2v) is 11.3. The lowest BCUT2D eigenvalue weighted by atomic mass is 9.70.